The Bertz CT molecular complexity index is 798. The lowest BCUT2D eigenvalue weighted by Crippen LogP contribution is -2.49. The van der Waals surface area contributed by atoms with Crippen molar-refractivity contribution in [2.75, 3.05) is 46.1 Å². The first kappa shape index (κ1) is 17.7. The Morgan fingerprint density at radius 2 is 1.74 bits per heavy atom. The monoisotopic (exact) mass is 368 g/mol. The maximum atomic E-state index is 12.7. The summed E-state index contributed by atoms with van der Waals surface area (Å²) >= 11 is 0. The summed E-state index contributed by atoms with van der Waals surface area (Å²) in [5.74, 6) is 2.29. The first-order chi connectivity index (χ1) is 13.2. The molecule has 27 heavy (non-hydrogen) atoms. The van der Waals surface area contributed by atoms with Gasteiger partial charge in [0, 0.05) is 38.3 Å². The minimum Gasteiger partial charge on any atom is -0.492 e. The third-order valence-corrected chi connectivity index (χ3v) is 4.98. The van der Waals surface area contributed by atoms with Crippen molar-refractivity contribution in [1.82, 2.24) is 9.80 Å². The molecule has 0 bridgehead atoms. The number of piperazine rings is 1. The molecular formula is C21H24N2O4. The standard InChI is InChI=1S/C21H24N2O4/c1-16-2-5-18(6-3-16)25-13-12-22-8-10-23(11-9-22)21(24)17-4-7-19-20(14-17)27-15-26-19/h2-7,14H,8-13,15H2,1H3. The summed E-state index contributed by atoms with van der Waals surface area (Å²) in [4.78, 5) is 16.9. The average Bonchev–Trinajstić information content (AvgIpc) is 3.17. The Kier molecular flexibility index (Phi) is 5.16. The Balaban J connectivity index is 1.23. The molecule has 2 aromatic carbocycles. The van der Waals surface area contributed by atoms with Crippen LogP contribution in [-0.2, 0) is 0 Å². The number of hydrogen-bond donors (Lipinski definition) is 0. The summed E-state index contributed by atoms with van der Waals surface area (Å²) < 4.78 is 16.5. The Morgan fingerprint density at radius 1 is 1.00 bits per heavy atom. The molecule has 6 nitrogen and oxygen atoms in total. The first-order valence-electron chi connectivity index (χ1n) is 9.30. The topological polar surface area (TPSA) is 51.2 Å². The zero-order valence-corrected chi connectivity index (χ0v) is 15.5. The van der Waals surface area contributed by atoms with Gasteiger partial charge in [-0.15, -0.1) is 0 Å². The molecule has 4 rings (SSSR count). The summed E-state index contributed by atoms with van der Waals surface area (Å²) in [6.45, 7) is 6.94. The van der Waals surface area contributed by atoms with Crippen LogP contribution in [0.1, 0.15) is 15.9 Å². The van der Waals surface area contributed by atoms with Gasteiger partial charge in [-0.2, -0.15) is 0 Å². The van der Waals surface area contributed by atoms with Crippen molar-refractivity contribution in [1.29, 1.82) is 0 Å². The van der Waals surface area contributed by atoms with Crippen molar-refractivity contribution in [2.45, 2.75) is 6.92 Å². The quantitative estimate of drug-likeness (QED) is 0.812. The van der Waals surface area contributed by atoms with Gasteiger partial charge in [-0.05, 0) is 37.3 Å². The fourth-order valence-corrected chi connectivity index (χ4v) is 3.31. The molecule has 0 saturated carbocycles. The maximum Gasteiger partial charge on any atom is 0.254 e. The van der Waals surface area contributed by atoms with Gasteiger partial charge in [0.1, 0.15) is 12.4 Å². The third-order valence-electron chi connectivity index (χ3n) is 4.98. The van der Waals surface area contributed by atoms with Crippen molar-refractivity contribution in [2.24, 2.45) is 0 Å². The van der Waals surface area contributed by atoms with Crippen LogP contribution < -0.4 is 14.2 Å². The van der Waals surface area contributed by atoms with Gasteiger partial charge in [0.05, 0.1) is 0 Å². The van der Waals surface area contributed by atoms with Crippen LogP contribution in [0.4, 0.5) is 0 Å². The number of hydrogen-bond acceptors (Lipinski definition) is 5. The van der Waals surface area contributed by atoms with Gasteiger partial charge in [-0.1, -0.05) is 17.7 Å². The normalized spacial score (nSPS) is 16.4. The molecule has 0 spiro atoms. The second-order valence-corrected chi connectivity index (χ2v) is 6.86. The van der Waals surface area contributed by atoms with Gasteiger partial charge in [0.2, 0.25) is 6.79 Å². The van der Waals surface area contributed by atoms with Gasteiger partial charge in [-0.3, -0.25) is 9.69 Å². The number of carbonyl (C=O) groups excluding carboxylic acids is 1. The van der Waals surface area contributed by atoms with Crippen molar-refractivity contribution in [3.63, 3.8) is 0 Å². The lowest BCUT2D eigenvalue weighted by Gasteiger charge is -2.34. The van der Waals surface area contributed by atoms with E-state index in [1.807, 2.05) is 17.0 Å². The minimum atomic E-state index is 0.0452. The van der Waals surface area contributed by atoms with Crippen molar-refractivity contribution >= 4 is 5.91 Å². The number of ether oxygens (including phenoxy) is 3. The van der Waals surface area contributed by atoms with Crippen LogP contribution in [0.15, 0.2) is 42.5 Å². The molecule has 1 saturated heterocycles. The van der Waals surface area contributed by atoms with Crippen LogP contribution in [0, 0.1) is 6.92 Å². The van der Waals surface area contributed by atoms with E-state index < -0.39 is 0 Å². The fourth-order valence-electron chi connectivity index (χ4n) is 3.31. The van der Waals surface area contributed by atoms with Crippen LogP contribution in [0.2, 0.25) is 0 Å². The number of aryl methyl sites for hydroxylation is 1. The molecule has 0 atom stereocenters. The van der Waals surface area contributed by atoms with Gasteiger partial charge in [-0.25, -0.2) is 0 Å². The molecule has 2 aromatic rings. The van der Waals surface area contributed by atoms with Crippen LogP contribution >= 0.6 is 0 Å². The van der Waals surface area contributed by atoms with Crippen LogP contribution in [0.25, 0.3) is 0 Å². The van der Waals surface area contributed by atoms with Crippen molar-refractivity contribution in [3.8, 4) is 17.2 Å². The van der Waals surface area contributed by atoms with Crippen molar-refractivity contribution in [3.05, 3.63) is 53.6 Å². The number of carbonyl (C=O) groups is 1. The molecule has 2 heterocycles. The van der Waals surface area contributed by atoms with E-state index in [2.05, 4.69) is 24.0 Å². The van der Waals surface area contributed by atoms with E-state index in [9.17, 15) is 4.79 Å². The minimum absolute atomic E-state index is 0.0452. The molecular weight excluding hydrogens is 344 g/mol. The maximum absolute atomic E-state index is 12.7. The smallest absolute Gasteiger partial charge is 0.254 e. The number of fused-ring (bicyclic) bond motifs is 1. The molecule has 2 aliphatic rings. The van der Waals surface area contributed by atoms with E-state index in [0.29, 0.717) is 23.7 Å². The van der Waals surface area contributed by atoms with E-state index in [4.69, 9.17) is 14.2 Å². The second kappa shape index (κ2) is 7.88. The highest BCUT2D eigenvalue weighted by atomic mass is 16.7. The Morgan fingerprint density at radius 3 is 2.52 bits per heavy atom. The molecule has 0 unspecified atom stereocenters. The van der Waals surface area contributed by atoms with Gasteiger partial charge < -0.3 is 19.1 Å². The van der Waals surface area contributed by atoms with Crippen LogP contribution in [0.3, 0.4) is 0 Å². The number of nitrogens with zero attached hydrogens (tertiary/aromatic N) is 2. The number of rotatable bonds is 5. The lowest BCUT2D eigenvalue weighted by atomic mass is 10.1. The third kappa shape index (κ3) is 4.17. The molecule has 0 N–H and O–H groups in total. The predicted octanol–water partition coefficient (Wildman–Crippen LogP) is 2.56. The zero-order valence-electron chi connectivity index (χ0n) is 15.5. The van der Waals surface area contributed by atoms with Gasteiger partial charge in [0.25, 0.3) is 5.91 Å². The van der Waals surface area contributed by atoms with Gasteiger partial charge >= 0.3 is 0 Å². The van der Waals surface area contributed by atoms with Gasteiger partial charge in [0.15, 0.2) is 11.5 Å². The van der Waals surface area contributed by atoms with E-state index in [-0.39, 0.29) is 12.7 Å². The van der Waals surface area contributed by atoms with Crippen LogP contribution in [-0.4, -0.2) is 61.8 Å². The average molecular weight is 368 g/mol. The van der Waals surface area contributed by atoms with E-state index in [1.165, 1.54) is 5.56 Å². The van der Waals surface area contributed by atoms with E-state index >= 15 is 0 Å². The lowest BCUT2D eigenvalue weighted by molar-refractivity contribution is 0.0620. The zero-order chi connectivity index (χ0) is 18.6. The summed E-state index contributed by atoms with van der Waals surface area (Å²) in [7, 11) is 0. The SMILES string of the molecule is Cc1ccc(OCCN2CCN(C(=O)c3ccc4c(c3)OCO4)CC2)cc1. The van der Waals surface area contributed by atoms with Crippen molar-refractivity contribution < 1.29 is 19.0 Å². The highest BCUT2D eigenvalue weighted by Gasteiger charge is 2.24. The first-order valence-corrected chi connectivity index (χ1v) is 9.30. The number of benzene rings is 2. The summed E-state index contributed by atoms with van der Waals surface area (Å²) in [6, 6.07) is 13.5. The molecule has 142 valence electrons. The number of amides is 1. The van der Waals surface area contributed by atoms with E-state index in [1.54, 1.807) is 18.2 Å². The fraction of sp³-hybridized carbons (Fsp3) is 0.381. The summed E-state index contributed by atoms with van der Waals surface area (Å²) in [5.41, 5.74) is 1.88. The van der Waals surface area contributed by atoms with Crippen LogP contribution in [0.5, 0.6) is 17.2 Å². The Hall–Kier alpha value is -2.73. The molecule has 2 aliphatic heterocycles. The predicted molar refractivity (Wildman–Crippen MR) is 102 cm³/mol. The van der Waals surface area contributed by atoms with E-state index in [0.717, 1.165) is 38.5 Å². The molecule has 1 amide bonds. The molecule has 0 aliphatic carbocycles. The summed E-state index contributed by atoms with van der Waals surface area (Å²) in [5, 5.41) is 0. The Labute approximate surface area is 159 Å². The molecule has 6 heteroatoms. The molecule has 1 fully saturated rings. The second-order valence-electron chi connectivity index (χ2n) is 6.86. The largest absolute Gasteiger partial charge is 0.492 e. The highest BCUT2D eigenvalue weighted by Crippen LogP contribution is 2.32. The molecule has 0 aromatic heterocycles. The molecule has 0 radical (unpaired) electrons. The summed E-state index contributed by atoms with van der Waals surface area (Å²) in [6.07, 6.45) is 0. The highest BCUT2D eigenvalue weighted by molar-refractivity contribution is 5.95.